The van der Waals surface area contributed by atoms with Crippen molar-refractivity contribution in [3.8, 4) is 0 Å². The minimum Gasteiger partial charge on any atom is -0.478 e. The van der Waals surface area contributed by atoms with E-state index in [1.165, 1.54) is 19.2 Å². The molecule has 0 saturated carbocycles. The topological polar surface area (TPSA) is 114 Å². The number of carboxylic acid groups (broad SMARTS) is 1. The summed E-state index contributed by atoms with van der Waals surface area (Å²) in [6, 6.07) is 3.50. The Morgan fingerprint density at radius 1 is 1.29 bits per heavy atom. The normalized spacial score (nSPS) is 12.8. The second kappa shape index (κ2) is 9.58. The number of rotatable bonds is 11. The quantitative estimate of drug-likeness (QED) is 0.507. The average molecular weight is 360 g/mol. The van der Waals surface area contributed by atoms with Gasteiger partial charge in [-0.1, -0.05) is 0 Å². The summed E-state index contributed by atoms with van der Waals surface area (Å²) < 4.78 is 37.5. The first-order chi connectivity index (χ1) is 11.3. The molecule has 1 unspecified atom stereocenters. The van der Waals surface area contributed by atoms with Crippen LogP contribution in [0.15, 0.2) is 23.1 Å². The Morgan fingerprint density at radius 3 is 2.58 bits per heavy atom. The Bertz CT molecular complexity index is 647. The molecule has 9 heteroatoms. The molecule has 0 aliphatic rings. The van der Waals surface area contributed by atoms with Crippen molar-refractivity contribution in [1.82, 2.24) is 4.72 Å². The Hall–Kier alpha value is -1.68. The lowest BCUT2D eigenvalue weighted by atomic mass is 10.2. The van der Waals surface area contributed by atoms with Crippen LogP contribution >= 0.6 is 0 Å². The number of carboxylic acids is 1. The highest BCUT2D eigenvalue weighted by Gasteiger charge is 2.22. The zero-order valence-electron chi connectivity index (χ0n) is 14.0. The number of anilines is 1. The summed E-state index contributed by atoms with van der Waals surface area (Å²) in [5, 5.41) is 12.1. The van der Waals surface area contributed by atoms with Crippen molar-refractivity contribution in [1.29, 1.82) is 0 Å². The van der Waals surface area contributed by atoms with Gasteiger partial charge in [-0.3, -0.25) is 0 Å². The van der Waals surface area contributed by atoms with Crippen LogP contribution in [-0.2, 0) is 19.5 Å². The maximum atomic E-state index is 12.6. The first kappa shape index (κ1) is 20.4. The standard InChI is InChI=1S/C15H24N2O6S/c1-11(10-23-3)17-24(20,21)14-9-12(15(18)19)5-6-13(14)16-7-4-8-22-2/h5-6,9,11,16-17H,4,7-8,10H2,1-3H3,(H,18,19). The lowest BCUT2D eigenvalue weighted by Crippen LogP contribution is -2.36. The van der Waals surface area contributed by atoms with Gasteiger partial charge in [-0.05, 0) is 31.5 Å². The van der Waals surface area contributed by atoms with Gasteiger partial charge < -0.3 is 19.9 Å². The Kier molecular flexibility index (Phi) is 8.13. The number of sulfonamides is 1. The van der Waals surface area contributed by atoms with Gasteiger partial charge in [0.2, 0.25) is 10.0 Å². The van der Waals surface area contributed by atoms with E-state index < -0.39 is 22.0 Å². The summed E-state index contributed by atoms with van der Waals surface area (Å²) in [6.07, 6.45) is 0.685. The molecule has 1 aromatic carbocycles. The molecule has 0 heterocycles. The van der Waals surface area contributed by atoms with Crippen molar-refractivity contribution < 1.29 is 27.8 Å². The van der Waals surface area contributed by atoms with Gasteiger partial charge in [0.15, 0.2) is 0 Å². The summed E-state index contributed by atoms with van der Waals surface area (Å²) in [6.45, 7) is 2.89. The van der Waals surface area contributed by atoms with Gasteiger partial charge in [0.1, 0.15) is 4.90 Å². The predicted octanol–water partition coefficient (Wildman–Crippen LogP) is 1.15. The van der Waals surface area contributed by atoms with Crippen molar-refractivity contribution in [2.24, 2.45) is 0 Å². The molecule has 1 atom stereocenters. The monoisotopic (exact) mass is 360 g/mol. The first-order valence-electron chi connectivity index (χ1n) is 7.43. The van der Waals surface area contributed by atoms with E-state index in [1.54, 1.807) is 14.0 Å². The van der Waals surface area contributed by atoms with Crippen LogP contribution in [0, 0.1) is 0 Å². The van der Waals surface area contributed by atoms with Crippen LogP contribution in [0.5, 0.6) is 0 Å². The van der Waals surface area contributed by atoms with Crippen LogP contribution in [0.25, 0.3) is 0 Å². The van der Waals surface area contributed by atoms with E-state index in [2.05, 4.69) is 10.0 Å². The van der Waals surface area contributed by atoms with Gasteiger partial charge in [-0.2, -0.15) is 0 Å². The second-order valence-electron chi connectivity index (χ2n) is 5.27. The Balaban J connectivity index is 3.10. The van der Waals surface area contributed by atoms with Crippen molar-refractivity contribution in [2.45, 2.75) is 24.3 Å². The summed E-state index contributed by atoms with van der Waals surface area (Å²) in [5.41, 5.74) is 0.241. The summed E-state index contributed by atoms with van der Waals surface area (Å²) in [7, 11) is -0.845. The molecule has 0 spiro atoms. The molecule has 136 valence electrons. The van der Waals surface area contributed by atoms with Crippen molar-refractivity contribution in [2.75, 3.05) is 39.3 Å². The molecular formula is C15H24N2O6S. The summed E-state index contributed by atoms with van der Waals surface area (Å²) in [5.74, 6) is -1.19. The molecule has 24 heavy (non-hydrogen) atoms. The smallest absolute Gasteiger partial charge is 0.335 e. The minimum absolute atomic E-state index is 0.0998. The maximum absolute atomic E-state index is 12.6. The molecule has 8 nitrogen and oxygen atoms in total. The molecule has 3 N–H and O–H groups in total. The molecule has 0 aliphatic heterocycles. The van der Waals surface area contributed by atoms with Gasteiger partial charge in [0.05, 0.1) is 17.9 Å². The van der Waals surface area contributed by atoms with E-state index in [9.17, 15) is 13.2 Å². The van der Waals surface area contributed by atoms with Crippen LogP contribution in [0.4, 0.5) is 5.69 Å². The molecule has 1 aromatic rings. The fourth-order valence-corrected chi connectivity index (χ4v) is 3.51. The summed E-state index contributed by atoms with van der Waals surface area (Å²) >= 11 is 0. The highest BCUT2D eigenvalue weighted by Crippen LogP contribution is 2.23. The third-order valence-corrected chi connectivity index (χ3v) is 4.76. The van der Waals surface area contributed by atoms with Crippen LogP contribution in [0.3, 0.4) is 0 Å². The maximum Gasteiger partial charge on any atom is 0.335 e. The molecule has 0 amide bonds. The number of methoxy groups -OCH3 is 2. The van der Waals surface area contributed by atoms with Gasteiger partial charge in [0.25, 0.3) is 0 Å². The van der Waals surface area contributed by atoms with E-state index in [0.717, 1.165) is 6.07 Å². The molecular weight excluding hydrogens is 336 g/mol. The Labute approximate surface area is 142 Å². The predicted molar refractivity (Wildman–Crippen MR) is 90.0 cm³/mol. The summed E-state index contributed by atoms with van der Waals surface area (Å²) in [4.78, 5) is 11.0. The third-order valence-electron chi connectivity index (χ3n) is 3.13. The van der Waals surface area contributed by atoms with Crippen molar-refractivity contribution in [3.05, 3.63) is 23.8 Å². The molecule has 0 saturated heterocycles. The molecule has 1 rings (SSSR count). The molecule has 0 bridgehead atoms. The Morgan fingerprint density at radius 2 is 2.00 bits per heavy atom. The molecule has 0 aliphatic carbocycles. The van der Waals surface area contributed by atoms with E-state index in [1.807, 2.05) is 0 Å². The highest BCUT2D eigenvalue weighted by molar-refractivity contribution is 7.89. The largest absolute Gasteiger partial charge is 0.478 e. The zero-order valence-corrected chi connectivity index (χ0v) is 14.9. The van der Waals surface area contributed by atoms with Crippen LogP contribution in [0.1, 0.15) is 23.7 Å². The molecule has 0 aromatic heterocycles. The number of hydrogen-bond acceptors (Lipinski definition) is 6. The zero-order chi connectivity index (χ0) is 18.2. The third kappa shape index (κ3) is 6.08. The number of aromatic carboxylic acids is 1. The lowest BCUT2D eigenvalue weighted by molar-refractivity contribution is 0.0696. The first-order valence-corrected chi connectivity index (χ1v) is 8.91. The SMILES string of the molecule is COCCCNc1ccc(C(=O)O)cc1S(=O)(=O)NC(C)COC. The number of nitrogens with one attached hydrogen (secondary N) is 2. The van der Waals surface area contributed by atoms with Gasteiger partial charge in [0, 0.05) is 33.4 Å². The van der Waals surface area contributed by atoms with Gasteiger partial charge in [-0.25, -0.2) is 17.9 Å². The fraction of sp³-hybridized carbons (Fsp3) is 0.533. The average Bonchev–Trinajstić information content (AvgIpc) is 2.51. The molecule has 0 radical (unpaired) electrons. The number of benzene rings is 1. The van der Waals surface area contributed by atoms with Crippen LogP contribution in [0.2, 0.25) is 0 Å². The van der Waals surface area contributed by atoms with Crippen LogP contribution in [-0.4, -0.2) is 59.5 Å². The van der Waals surface area contributed by atoms with E-state index in [4.69, 9.17) is 14.6 Å². The molecule has 0 fully saturated rings. The van der Waals surface area contributed by atoms with E-state index in [-0.39, 0.29) is 17.1 Å². The number of hydrogen-bond donors (Lipinski definition) is 3. The highest BCUT2D eigenvalue weighted by atomic mass is 32.2. The van der Waals surface area contributed by atoms with Gasteiger partial charge >= 0.3 is 5.97 Å². The van der Waals surface area contributed by atoms with Gasteiger partial charge in [-0.15, -0.1) is 0 Å². The van der Waals surface area contributed by atoms with E-state index in [0.29, 0.717) is 25.3 Å². The second-order valence-corrected chi connectivity index (χ2v) is 6.95. The fourth-order valence-electron chi connectivity index (χ4n) is 2.08. The van der Waals surface area contributed by atoms with Crippen molar-refractivity contribution >= 4 is 21.7 Å². The van der Waals surface area contributed by atoms with Crippen molar-refractivity contribution in [3.63, 3.8) is 0 Å². The van der Waals surface area contributed by atoms with E-state index >= 15 is 0 Å². The van der Waals surface area contributed by atoms with Crippen LogP contribution < -0.4 is 10.0 Å². The number of carbonyl (C=O) groups is 1. The number of ether oxygens (including phenoxy) is 2. The lowest BCUT2D eigenvalue weighted by Gasteiger charge is -2.17. The minimum atomic E-state index is -3.90.